The number of halogens is 1. The molecule has 0 aromatic rings. The minimum atomic E-state index is -0.0829. The number of ether oxygens (including phenoxy) is 2. The molecule has 2 rings (SSSR count). The van der Waals surface area contributed by atoms with Crippen LogP contribution in [-0.4, -0.2) is 75.4 Å². The van der Waals surface area contributed by atoms with Gasteiger partial charge in [0.2, 0.25) is 11.8 Å². The molecule has 0 aromatic heterocycles. The molecule has 7 nitrogen and oxygen atoms in total. The van der Waals surface area contributed by atoms with Crippen molar-refractivity contribution in [3.63, 3.8) is 0 Å². The Morgan fingerprint density at radius 3 is 2.48 bits per heavy atom. The fraction of sp³-hybridized carbons (Fsp3) is 0.895. The summed E-state index contributed by atoms with van der Waals surface area (Å²) in [7, 11) is 1.61. The summed E-state index contributed by atoms with van der Waals surface area (Å²) in [6.45, 7) is 5.88. The van der Waals surface area contributed by atoms with Crippen LogP contribution in [0.25, 0.3) is 0 Å². The zero-order chi connectivity index (χ0) is 18.8. The molecule has 0 bridgehead atoms. The van der Waals surface area contributed by atoms with Crippen LogP contribution in [0.1, 0.15) is 45.4 Å². The van der Waals surface area contributed by atoms with Crippen molar-refractivity contribution in [1.82, 2.24) is 15.5 Å². The first-order valence-corrected chi connectivity index (χ1v) is 10.0. The third-order valence-corrected chi connectivity index (χ3v) is 5.33. The highest BCUT2D eigenvalue weighted by atomic mass is 35.5. The normalized spacial score (nSPS) is 24.9. The molecule has 2 aliphatic rings. The van der Waals surface area contributed by atoms with Crippen LogP contribution in [0.4, 0.5) is 0 Å². The van der Waals surface area contributed by atoms with E-state index in [0.29, 0.717) is 25.2 Å². The lowest BCUT2D eigenvalue weighted by atomic mass is 9.84. The minimum Gasteiger partial charge on any atom is -0.382 e. The molecule has 158 valence electrons. The molecule has 1 saturated carbocycles. The first-order valence-electron chi connectivity index (χ1n) is 10.0. The van der Waals surface area contributed by atoms with Gasteiger partial charge >= 0.3 is 0 Å². The number of nitrogens with zero attached hydrogens (tertiary/aromatic N) is 1. The largest absolute Gasteiger partial charge is 0.382 e. The average molecular weight is 406 g/mol. The van der Waals surface area contributed by atoms with Gasteiger partial charge in [0.1, 0.15) is 6.61 Å². The van der Waals surface area contributed by atoms with Crippen LogP contribution in [0.3, 0.4) is 0 Å². The topological polar surface area (TPSA) is 79.9 Å². The number of carbonyl (C=O) groups is 2. The van der Waals surface area contributed by atoms with Gasteiger partial charge in [-0.1, -0.05) is 6.92 Å². The minimum absolute atomic E-state index is 0. The van der Waals surface area contributed by atoms with Crippen LogP contribution in [0, 0.1) is 5.92 Å². The third kappa shape index (κ3) is 7.94. The van der Waals surface area contributed by atoms with Crippen LogP contribution in [0.2, 0.25) is 0 Å². The Bertz CT molecular complexity index is 439. The highest BCUT2D eigenvalue weighted by molar-refractivity contribution is 5.85. The summed E-state index contributed by atoms with van der Waals surface area (Å²) in [5.41, 5.74) is 0. The number of hydrogen-bond acceptors (Lipinski definition) is 5. The molecule has 0 spiro atoms. The van der Waals surface area contributed by atoms with Crippen molar-refractivity contribution >= 4 is 24.2 Å². The summed E-state index contributed by atoms with van der Waals surface area (Å²) >= 11 is 0. The second-order valence-corrected chi connectivity index (χ2v) is 7.34. The van der Waals surface area contributed by atoms with E-state index in [1.54, 1.807) is 7.11 Å². The van der Waals surface area contributed by atoms with Crippen molar-refractivity contribution in [1.29, 1.82) is 0 Å². The Morgan fingerprint density at radius 1 is 1.15 bits per heavy atom. The van der Waals surface area contributed by atoms with E-state index in [4.69, 9.17) is 9.47 Å². The Labute approximate surface area is 169 Å². The van der Waals surface area contributed by atoms with E-state index >= 15 is 0 Å². The maximum absolute atomic E-state index is 13.0. The lowest BCUT2D eigenvalue weighted by Crippen LogP contribution is -2.47. The average Bonchev–Trinajstić information content (AvgIpc) is 3.18. The van der Waals surface area contributed by atoms with Gasteiger partial charge in [-0.25, -0.2) is 0 Å². The first-order chi connectivity index (χ1) is 12.7. The number of rotatable bonds is 10. The van der Waals surface area contributed by atoms with Crippen LogP contribution < -0.4 is 10.6 Å². The number of amides is 2. The Morgan fingerprint density at radius 2 is 1.89 bits per heavy atom. The summed E-state index contributed by atoms with van der Waals surface area (Å²) in [5.74, 6) is 0.335. The molecule has 1 heterocycles. The summed E-state index contributed by atoms with van der Waals surface area (Å²) in [5, 5.41) is 6.39. The SMILES string of the molecule is CCCN(C(=O)C1CCC(NC(=O)COCCOC)CC1)C1CCNC1.Cl. The van der Waals surface area contributed by atoms with E-state index in [-0.39, 0.29) is 36.9 Å². The standard InChI is InChI=1S/C19H35N3O4.ClH/c1-3-10-22(17-8-9-20-13-17)19(24)15-4-6-16(7-5-15)21-18(23)14-26-12-11-25-2;/h15-17,20H,3-14H2,1-2H3,(H,21,23);1H. The van der Waals surface area contributed by atoms with Gasteiger partial charge in [0.25, 0.3) is 0 Å². The Hall–Kier alpha value is -0.890. The number of methoxy groups -OCH3 is 1. The molecule has 1 unspecified atom stereocenters. The predicted octanol–water partition coefficient (Wildman–Crippen LogP) is 1.35. The lowest BCUT2D eigenvalue weighted by molar-refractivity contribution is -0.138. The number of nitrogens with one attached hydrogen (secondary N) is 2. The van der Waals surface area contributed by atoms with Gasteiger partial charge in [0.15, 0.2) is 0 Å². The third-order valence-electron chi connectivity index (χ3n) is 5.33. The van der Waals surface area contributed by atoms with E-state index in [2.05, 4.69) is 22.5 Å². The van der Waals surface area contributed by atoms with Crippen molar-refractivity contribution in [2.45, 2.75) is 57.5 Å². The zero-order valence-electron chi connectivity index (χ0n) is 16.7. The Kier molecular flexibility index (Phi) is 11.9. The first kappa shape index (κ1) is 24.1. The highest BCUT2D eigenvalue weighted by Gasteiger charge is 2.33. The molecular formula is C19H36ClN3O4. The van der Waals surface area contributed by atoms with Crippen LogP contribution in [-0.2, 0) is 19.1 Å². The van der Waals surface area contributed by atoms with E-state index in [1.165, 1.54) is 0 Å². The van der Waals surface area contributed by atoms with Gasteiger partial charge in [0, 0.05) is 38.2 Å². The predicted molar refractivity (Wildman–Crippen MR) is 107 cm³/mol. The molecule has 1 aliphatic heterocycles. The van der Waals surface area contributed by atoms with E-state index in [9.17, 15) is 9.59 Å². The smallest absolute Gasteiger partial charge is 0.246 e. The quantitative estimate of drug-likeness (QED) is 0.536. The van der Waals surface area contributed by atoms with Crippen molar-refractivity contribution in [2.24, 2.45) is 5.92 Å². The van der Waals surface area contributed by atoms with E-state index in [1.807, 2.05) is 0 Å². The van der Waals surface area contributed by atoms with Gasteiger partial charge < -0.3 is 25.0 Å². The van der Waals surface area contributed by atoms with Crippen molar-refractivity contribution in [3.8, 4) is 0 Å². The molecule has 2 amide bonds. The number of hydrogen-bond donors (Lipinski definition) is 2. The molecular weight excluding hydrogens is 370 g/mol. The van der Waals surface area contributed by atoms with Crippen molar-refractivity contribution in [2.75, 3.05) is 46.6 Å². The highest BCUT2D eigenvalue weighted by Crippen LogP contribution is 2.27. The Balaban J connectivity index is 0.00000364. The van der Waals surface area contributed by atoms with E-state index < -0.39 is 0 Å². The molecule has 27 heavy (non-hydrogen) atoms. The maximum Gasteiger partial charge on any atom is 0.246 e. The fourth-order valence-electron chi connectivity index (χ4n) is 3.91. The van der Waals surface area contributed by atoms with Crippen LogP contribution in [0.5, 0.6) is 0 Å². The summed E-state index contributed by atoms with van der Waals surface area (Å²) in [6, 6.07) is 0.509. The molecule has 2 fully saturated rings. The van der Waals surface area contributed by atoms with Crippen LogP contribution in [0.15, 0.2) is 0 Å². The fourth-order valence-corrected chi connectivity index (χ4v) is 3.91. The van der Waals surface area contributed by atoms with Gasteiger partial charge in [-0.2, -0.15) is 0 Å². The monoisotopic (exact) mass is 405 g/mol. The van der Waals surface area contributed by atoms with E-state index in [0.717, 1.165) is 58.2 Å². The van der Waals surface area contributed by atoms with Crippen molar-refractivity contribution < 1.29 is 19.1 Å². The van der Waals surface area contributed by atoms with Gasteiger partial charge in [0.05, 0.1) is 13.2 Å². The second kappa shape index (κ2) is 13.3. The van der Waals surface area contributed by atoms with Crippen LogP contribution >= 0.6 is 12.4 Å². The molecule has 8 heteroatoms. The molecule has 0 aromatic carbocycles. The molecule has 1 aliphatic carbocycles. The second-order valence-electron chi connectivity index (χ2n) is 7.34. The van der Waals surface area contributed by atoms with Gasteiger partial charge in [-0.15, -0.1) is 12.4 Å². The lowest BCUT2D eigenvalue weighted by Gasteiger charge is -2.35. The molecule has 0 radical (unpaired) electrons. The summed E-state index contributed by atoms with van der Waals surface area (Å²) in [6.07, 6.45) is 5.49. The maximum atomic E-state index is 13.0. The number of carbonyl (C=O) groups excluding carboxylic acids is 2. The molecule has 2 N–H and O–H groups in total. The summed E-state index contributed by atoms with van der Waals surface area (Å²) < 4.78 is 10.1. The van der Waals surface area contributed by atoms with Gasteiger partial charge in [-0.3, -0.25) is 9.59 Å². The molecule has 1 atom stereocenters. The molecule has 1 saturated heterocycles. The van der Waals surface area contributed by atoms with Gasteiger partial charge in [-0.05, 0) is 45.1 Å². The van der Waals surface area contributed by atoms with Crippen molar-refractivity contribution in [3.05, 3.63) is 0 Å². The summed E-state index contributed by atoms with van der Waals surface area (Å²) in [4.78, 5) is 27.0. The zero-order valence-corrected chi connectivity index (χ0v) is 17.5.